The molecule has 1 heterocycles. The Balaban J connectivity index is 2.27. The smallest absolute Gasteiger partial charge is 0.414 e. The van der Waals surface area contributed by atoms with E-state index in [1.165, 1.54) is 19.1 Å². The molecule has 0 radical (unpaired) electrons. The zero-order valence-electron chi connectivity index (χ0n) is 10.1. The molecule has 1 fully saturated rings. The summed E-state index contributed by atoms with van der Waals surface area (Å²) in [6, 6.07) is 0.0605. The van der Waals surface area contributed by atoms with Gasteiger partial charge in [0.05, 0.1) is 14.2 Å². The van der Waals surface area contributed by atoms with Crippen LogP contribution < -0.4 is 0 Å². The van der Waals surface area contributed by atoms with Gasteiger partial charge in [0.2, 0.25) is 0 Å². The Morgan fingerprint density at radius 1 is 1.24 bits per heavy atom. The normalized spacial score (nSPS) is 27.2. The average molecular weight is 239 g/mol. The molecule has 1 saturated carbocycles. The fraction of sp³-hybridized carbons (Fsp3) is 0.667. The van der Waals surface area contributed by atoms with E-state index in [-0.39, 0.29) is 12.0 Å². The number of carbonyl (C=O) groups is 2. The molecule has 1 amide bonds. The Morgan fingerprint density at radius 3 is 2.59 bits per heavy atom. The number of hydrogen-bond donors (Lipinski definition) is 0. The summed E-state index contributed by atoms with van der Waals surface area (Å²) in [4.78, 5) is 24.9. The van der Waals surface area contributed by atoms with Crippen LogP contribution in [-0.2, 0) is 14.3 Å². The molecular formula is C12H17NO4. The van der Waals surface area contributed by atoms with Crippen LogP contribution >= 0.6 is 0 Å². The van der Waals surface area contributed by atoms with Gasteiger partial charge in [-0.2, -0.15) is 0 Å². The zero-order chi connectivity index (χ0) is 12.4. The topological polar surface area (TPSA) is 55.8 Å². The molecule has 1 unspecified atom stereocenters. The number of nitrogens with zero attached hydrogens (tertiary/aromatic N) is 1. The Morgan fingerprint density at radius 2 is 1.94 bits per heavy atom. The third-order valence-electron chi connectivity index (χ3n) is 3.51. The summed E-state index contributed by atoms with van der Waals surface area (Å²) in [6.45, 7) is 0. The van der Waals surface area contributed by atoms with Crippen LogP contribution in [0.25, 0.3) is 0 Å². The third-order valence-corrected chi connectivity index (χ3v) is 3.51. The molecule has 0 spiro atoms. The highest BCUT2D eigenvalue weighted by molar-refractivity contribution is 5.93. The number of fused-ring (bicyclic) bond motifs is 1. The van der Waals surface area contributed by atoms with E-state index in [4.69, 9.17) is 9.47 Å². The van der Waals surface area contributed by atoms with Crippen LogP contribution in [0, 0.1) is 5.92 Å². The highest BCUT2D eigenvalue weighted by Crippen LogP contribution is 2.38. The molecule has 2 atom stereocenters. The summed E-state index contributed by atoms with van der Waals surface area (Å²) in [7, 11) is 2.65. The lowest BCUT2D eigenvalue weighted by molar-refractivity contribution is -0.137. The van der Waals surface area contributed by atoms with Gasteiger partial charge < -0.3 is 9.47 Å². The second-order valence-corrected chi connectivity index (χ2v) is 4.40. The Kier molecular flexibility index (Phi) is 3.36. The van der Waals surface area contributed by atoms with Crippen molar-refractivity contribution in [3.8, 4) is 0 Å². The fourth-order valence-electron chi connectivity index (χ4n) is 2.72. The predicted molar refractivity (Wildman–Crippen MR) is 60.1 cm³/mol. The van der Waals surface area contributed by atoms with Gasteiger partial charge in [-0.25, -0.2) is 9.59 Å². The summed E-state index contributed by atoms with van der Waals surface area (Å²) in [5.74, 6) is -0.207. The van der Waals surface area contributed by atoms with Gasteiger partial charge >= 0.3 is 12.1 Å². The van der Waals surface area contributed by atoms with Crippen molar-refractivity contribution in [2.45, 2.75) is 31.7 Å². The Bertz CT molecular complexity index is 364. The molecule has 0 N–H and O–H groups in total. The van der Waals surface area contributed by atoms with Gasteiger partial charge in [0, 0.05) is 12.0 Å². The maximum absolute atomic E-state index is 11.8. The quantitative estimate of drug-likeness (QED) is 0.653. The molecule has 5 heteroatoms. The van der Waals surface area contributed by atoms with Crippen molar-refractivity contribution in [3.63, 3.8) is 0 Å². The van der Waals surface area contributed by atoms with Crippen LogP contribution in [0.2, 0.25) is 0 Å². The molecule has 0 bridgehead atoms. The van der Waals surface area contributed by atoms with Crippen molar-refractivity contribution in [2.75, 3.05) is 14.2 Å². The number of rotatable bonds is 1. The predicted octanol–water partition coefficient (Wildman–Crippen LogP) is 1.68. The molecule has 0 aromatic rings. The summed E-state index contributed by atoms with van der Waals surface area (Å²) in [5, 5.41) is 0. The highest BCUT2D eigenvalue weighted by atomic mass is 16.5. The first-order valence-electron chi connectivity index (χ1n) is 5.86. The van der Waals surface area contributed by atoms with Crippen LogP contribution in [0.4, 0.5) is 4.79 Å². The van der Waals surface area contributed by atoms with E-state index in [1.807, 2.05) is 6.08 Å². The standard InChI is InChI=1S/C12H17NO4/c1-16-11(14)10-7-8-5-3-4-6-9(8)13(10)12(15)17-2/h7-9H,3-6H2,1-2H3/t8?,9-/m0/s1. The maximum Gasteiger partial charge on any atom is 0.414 e. The minimum Gasteiger partial charge on any atom is -0.464 e. The van der Waals surface area contributed by atoms with Crippen LogP contribution in [0.1, 0.15) is 25.7 Å². The van der Waals surface area contributed by atoms with Gasteiger partial charge in [-0.1, -0.05) is 12.8 Å². The number of esters is 1. The molecule has 5 nitrogen and oxygen atoms in total. The molecule has 0 saturated heterocycles. The second-order valence-electron chi connectivity index (χ2n) is 4.40. The monoisotopic (exact) mass is 239 g/mol. The molecular weight excluding hydrogens is 222 g/mol. The molecule has 94 valence electrons. The first-order chi connectivity index (χ1) is 8.19. The molecule has 0 aromatic carbocycles. The summed E-state index contributed by atoms with van der Waals surface area (Å²) in [6.07, 6.45) is 5.52. The minimum absolute atomic E-state index is 0.0605. The van der Waals surface area contributed by atoms with Gasteiger partial charge in [-0.05, 0) is 18.9 Å². The van der Waals surface area contributed by atoms with Gasteiger partial charge in [-0.3, -0.25) is 4.90 Å². The number of methoxy groups -OCH3 is 2. The lowest BCUT2D eigenvalue weighted by Crippen LogP contribution is -2.41. The SMILES string of the molecule is COC(=O)C1=CC2CCCC[C@@H]2N1C(=O)OC. The lowest BCUT2D eigenvalue weighted by Gasteiger charge is -2.31. The molecule has 17 heavy (non-hydrogen) atoms. The number of carbonyl (C=O) groups excluding carboxylic acids is 2. The summed E-state index contributed by atoms with van der Waals surface area (Å²) < 4.78 is 9.45. The molecule has 1 aliphatic carbocycles. The fourth-order valence-corrected chi connectivity index (χ4v) is 2.72. The van der Waals surface area contributed by atoms with Crippen LogP contribution in [0.15, 0.2) is 11.8 Å². The Hall–Kier alpha value is -1.52. The second kappa shape index (κ2) is 4.77. The van der Waals surface area contributed by atoms with E-state index in [0.29, 0.717) is 5.70 Å². The van der Waals surface area contributed by atoms with E-state index in [0.717, 1.165) is 25.7 Å². The van der Waals surface area contributed by atoms with Crippen LogP contribution in [-0.4, -0.2) is 37.2 Å². The molecule has 0 aromatic heterocycles. The van der Waals surface area contributed by atoms with Crippen molar-refractivity contribution >= 4 is 12.1 Å². The molecule has 2 rings (SSSR count). The first-order valence-corrected chi connectivity index (χ1v) is 5.86. The van der Waals surface area contributed by atoms with Crippen molar-refractivity contribution in [3.05, 3.63) is 11.8 Å². The summed E-state index contributed by atoms with van der Waals surface area (Å²) in [5.41, 5.74) is 0.330. The van der Waals surface area contributed by atoms with Crippen molar-refractivity contribution in [2.24, 2.45) is 5.92 Å². The number of ether oxygens (including phenoxy) is 2. The summed E-state index contributed by atoms with van der Waals surface area (Å²) >= 11 is 0. The molecule has 1 aliphatic heterocycles. The van der Waals surface area contributed by atoms with E-state index in [9.17, 15) is 9.59 Å². The van der Waals surface area contributed by atoms with Gasteiger partial charge in [0.25, 0.3) is 0 Å². The first kappa shape index (κ1) is 12.0. The van der Waals surface area contributed by atoms with E-state index in [2.05, 4.69) is 0 Å². The number of hydrogen-bond acceptors (Lipinski definition) is 4. The van der Waals surface area contributed by atoms with Crippen molar-refractivity contribution in [1.82, 2.24) is 4.90 Å². The third kappa shape index (κ3) is 2.01. The van der Waals surface area contributed by atoms with Gasteiger partial charge in [0.1, 0.15) is 5.70 Å². The Labute approximate surface area is 100 Å². The van der Waals surface area contributed by atoms with Gasteiger partial charge in [-0.15, -0.1) is 0 Å². The van der Waals surface area contributed by atoms with E-state index < -0.39 is 12.1 Å². The number of amides is 1. The largest absolute Gasteiger partial charge is 0.464 e. The van der Waals surface area contributed by atoms with Crippen molar-refractivity contribution in [1.29, 1.82) is 0 Å². The minimum atomic E-state index is -0.476. The zero-order valence-corrected chi connectivity index (χ0v) is 10.1. The molecule has 2 aliphatic rings. The average Bonchev–Trinajstić information content (AvgIpc) is 2.76. The lowest BCUT2D eigenvalue weighted by atomic mass is 9.86. The van der Waals surface area contributed by atoms with Crippen LogP contribution in [0.5, 0.6) is 0 Å². The van der Waals surface area contributed by atoms with Gasteiger partial charge in [0.15, 0.2) is 0 Å². The van der Waals surface area contributed by atoms with Crippen molar-refractivity contribution < 1.29 is 19.1 Å². The van der Waals surface area contributed by atoms with E-state index >= 15 is 0 Å². The maximum atomic E-state index is 11.8. The highest BCUT2D eigenvalue weighted by Gasteiger charge is 2.42. The van der Waals surface area contributed by atoms with Crippen LogP contribution in [0.3, 0.4) is 0 Å². The van der Waals surface area contributed by atoms with E-state index in [1.54, 1.807) is 0 Å².